The van der Waals surface area contributed by atoms with Crippen molar-refractivity contribution >= 4 is 5.97 Å². The Morgan fingerprint density at radius 2 is 1.90 bits per heavy atom. The number of rotatable bonds is 12. The van der Waals surface area contributed by atoms with E-state index in [2.05, 4.69) is 24.1 Å². The lowest BCUT2D eigenvalue weighted by Gasteiger charge is -2.22. The minimum atomic E-state index is -0.643. The number of nitrogens with zero attached hydrogens (tertiary/aromatic N) is 1. The standard InChI is InChI=1S/C16H34N2O3/c1-6-16(4,5)15(20)21-13-14(19)12-17-10-9-11-18(7-2)8-3/h14,17,19H,6-13H2,1-5H3. The van der Waals surface area contributed by atoms with Gasteiger partial charge in [0, 0.05) is 6.54 Å². The zero-order valence-corrected chi connectivity index (χ0v) is 14.4. The van der Waals surface area contributed by atoms with E-state index >= 15 is 0 Å². The molecule has 0 saturated carbocycles. The smallest absolute Gasteiger partial charge is 0.311 e. The lowest BCUT2D eigenvalue weighted by atomic mass is 9.91. The Balaban J connectivity index is 3.68. The van der Waals surface area contributed by atoms with Crippen LogP contribution in [0.25, 0.3) is 0 Å². The summed E-state index contributed by atoms with van der Waals surface area (Å²) >= 11 is 0. The molecule has 2 N–H and O–H groups in total. The summed E-state index contributed by atoms with van der Waals surface area (Å²) < 4.78 is 5.15. The SMILES string of the molecule is CCN(CC)CCCNCC(O)COC(=O)C(C)(C)CC. The molecule has 0 aromatic heterocycles. The zero-order valence-electron chi connectivity index (χ0n) is 14.4. The minimum Gasteiger partial charge on any atom is -0.462 e. The molecule has 0 bridgehead atoms. The topological polar surface area (TPSA) is 61.8 Å². The molecule has 1 atom stereocenters. The third kappa shape index (κ3) is 9.06. The summed E-state index contributed by atoms with van der Waals surface area (Å²) in [6.07, 6.45) is 1.14. The fourth-order valence-corrected chi connectivity index (χ4v) is 1.81. The van der Waals surface area contributed by atoms with Gasteiger partial charge in [0.05, 0.1) is 5.41 Å². The first-order valence-electron chi connectivity index (χ1n) is 8.15. The quantitative estimate of drug-likeness (QED) is 0.424. The molecule has 0 aliphatic rings. The maximum absolute atomic E-state index is 11.8. The molecule has 0 aromatic rings. The number of esters is 1. The van der Waals surface area contributed by atoms with E-state index in [0.717, 1.165) is 39.0 Å². The first-order chi connectivity index (χ1) is 9.87. The van der Waals surface area contributed by atoms with Gasteiger partial charge in [-0.05, 0) is 52.9 Å². The van der Waals surface area contributed by atoms with Crippen molar-refractivity contribution in [2.45, 2.75) is 53.6 Å². The highest BCUT2D eigenvalue weighted by molar-refractivity contribution is 5.75. The monoisotopic (exact) mass is 302 g/mol. The highest BCUT2D eigenvalue weighted by Gasteiger charge is 2.27. The van der Waals surface area contributed by atoms with Gasteiger partial charge in [0.2, 0.25) is 0 Å². The van der Waals surface area contributed by atoms with E-state index in [4.69, 9.17) is 4.74 Å². The molecular weight excluding hydrogens is 268 g/mol. The maximum atomic E-state index is 11.8. The van der Waals surface area contributed by atoms with Gasteiger partial charge in [-0.15, -0.1) is 0 Å². The Labute approximate surface area is 130 Å². The van der Waals surface area contributed by atoms with Gasteiger partial charge in [-0.1, -0.05) is 20.8 Å². The summed E-state index contributed by atoms with van der Waals surface area (Å²) in [7, 11) is 0. The Bertz CT molecular complexity index is 279. The van der Waals surface area contributed by atoms with Gasteiger partial charge < -0.3 is 20.1 Å². The molecule has 0 rings (SSSR count). The summed E-state index contributed by atoms with van der Waals surface area (Å²) in [6.45, 7) is 14.6. The largest absolute Gasteiger partial charge is 0.462 e. The first-order valence-corrected chi connectivity index (χ1v) is 8.15. The van der Waals surface area contributed by atoms with Crippen LogP contribution in [0.1, 0.15) is 47.5 Å². The molecule has 0 saturated heterocycles. The van der Waals surface area contributed by atoms with Crippen molar-refractivity contribution in [3.63, 3.8) is 0 Å². The average molecular weight is 302 g/mol. The van der Waals surface area contributed by atoms with E-state index < -0.39 is 11.5 Å². The van der Waals surface area contributed by atoms with Gasteiger partial charge >= 0.3 is 5.97 Å². The number of aliphatic hydroxyl groups excluding tert-OH is 1. The molecule has 0 aromatic carbocycles. The molecule has 5 heteroatoms. The van der Waals surface area contributed by atoms with Crippen molar-refractivity contribution in [2.24, 2.45) is 5.41 Å². The van der Waals surface area contributed by atoms with Gasteiger partial charge in [0.1, 0.15) is 12.7 Å². The number of nitrogens with one attached hydrogen (secondary N) is 1. The van der Waals surface area contributed by atoms with Crippen LogP contribution >= 0.6 is 0 Å². The lowest BCUT2D eigenvalue weighted by Crippen LogP contribution is -2.35. The van der Waals surface area contributed by atoms with E-state index in [0.29, 0.717) is 6.54 Å². The van der Waals surface area contributed by atoms with Crippen LogP contribution in [0.5, 0.6) is 0 Å². The van der Waals surface area contributed by atoms with Crippen molar-refractivity contribution in [2.75, 3.05) is 39.3 Å². The second kappa shape index (κ2) is 11.0. The van der Waals surface area contributed by atoms with Crippen LogP contribution in [0, 0.1) is 5.41 Å². The van der Waals surface area contributed by atoms with Crippen LogP contribution in [0.15, 0.2) is 0 Å². The van der Waals surface area contributed by atoms with Crippen LogP contribution in [0.2, 0.25) is 0 Å². The summed E-state index contributed by atoms with van der Waals surface area (Å²) in [5, 5.41) is 13.0. The third-order valence-corrected chi connectivity index (χ3v) is 3.95. The van der Waals surface area contributed by atoms with Crippen molar-refractivity contribution in [3.8, 4) is 0 Å². The van der Waals surface area contributed by atoms with Gasteiger partial charge in [0.25, 0.3) is 0 Å². The Hall–Kier alpha value is -0.650. The van der Waals surface area contributed by atoms with Crippen LogP contribution in [0.4, 0.5) is 0 Å². The molecule has 0 heterocycles. The first kappa shape index (κ1) is 20.3. The molecule has 21 heavy (non-hydrogen) atoms. The van der Waals surface area contributed by atoms with Crippen LogP contribution in [-0.2, 0) is 9.53 Å². The highest BCUT2D eigenvalue weighted by Crippen LogP contribution is 2.21. The van der Waals surface area contributed by atoms with Crippen molar-refractivity contribution in [3.05, 3.63) is 0 Å². The Morgan fingerprint density at radius 3 is 2.43 bits per heavy atom. The molecule has 126 valence electrons. The van der Waals surface area contributed by atoms with Gasteiger partial charge in [-0.3, -0.25) is 4.79 Å². The number of hydrogen-bond donors (Lipinski definition) is 2. The van der Waals surface area contributed by atoms with Crippen LogP contribution < -0.4 is 5.32 Å². The van der Waals surface area contributed by atoms with Crippen molar-refractivity contribution in [1.82, 2.24) is 10.2 Å². The highest BCUT2D eigenvalue weighted by atomic mass is 16.5. The summed E-state index contributed by atoms with van der Waals surface area (Å²) in [4.78, 5) is 14.1. The summed E-state index contributed by atoms with van der Waals surface area (Å²) in [6, 6.07) is 0. The molecule has 0 spiro atoms. The number of hydrogen-bond acceptors (Lipinski definition) is 5. The van der Waals surface area contributed by atoms with Gasteiger partial charge in [-0.2, -0.15) is 0 Å². The second-order valence-corrected chi connectivity index (χ2v) is 6.07. The number of carbonyl (C=O) groups excluding carboxylic acids is 1. The molecule has 0 fully saturated rings. The van der Waals surface area contributed by atoms with Gasteiger partial charge in [-0.25, -0.2) is 0 Å². The van der Waals surface area contributed by atoms with Crippen molar-refractivity contribution < 1.29 is 14.6 Å². The van der Waals surface area contributed by atoms with Crippen molar-refractivity contribution in [1.29, 1.82) is 0 Å². The molecule has 0 aliphatic heterocycles. The number of ether oxygens (including phenoxy) is 1. The normalized spacial score (nSPS) is 13.5. The number of carbonyl (C=O) groups is 1. The second-order valence-electron chi connectivity index (χ2n) is 6.07. The summed E-state index contributed by atoms with van der Waals surface area (Å²) in [5.41, 5.74) is -0.475. The molecule has 5 nitrogen and oxygen atoms in total. The predicted molar refractivity (Wildman–Crippen MR) is 86.3 cm³/mol. The van der Waals surface area contributed by atoms with Gasteiger partial charge in [0.15, 0.2) is 0 Å². The van der Waals surface area contributed by atoms with E-state index in [-0.39, 0.29) is 12.6 Å². The van der Waals surface area contributed by atoms with E-state index in [1.54, 1.807) is 0 Å². The zero-order chi connectivity index (χ0) is 16.3. The molecule has 0 amide bonds. The molecule has 0 aliphatic carbocycles. The lowest BCUT2D eigenvalue weighted by molar-refractivity contribution is -0.157. The minimum absolute atomic E-state index is 0.0608. The van der Waals surface area contributed by atoms with E-state index in [1.807, 2.05) is 20.8 Å². The van der Waals surface area contributed by atoms with E-state index in [1.165, 1.54) is 0 Å². The van der Waals surface area contributed by atoms with E-state index in [9.17, 15) is 9.90 Å². The Morgan fingerprint density at radius 1 is 1.29 bits per heavy atom. The third-order valence-electron chi connectivity index (χ3n) is 3.95. The number of aliphatic hydroxyl groups is 1. The summed E-state index contributed by atoms with van der Waals surface area (Å²) in [5.74, 6) is -0.245. The maximum Gasteiger partial charge on any atom is 0.311 e. The fourth-order valence-electron chi connectivity index (χ4n) is 1.81. The molecular formula is C16H34N2O3. The Kier molecular flexibility index (Phi) is 10.6. The fraction of sp³-hybridized carbons (Fsp3) is 0.938. The molecule has 1 unspecified atom stereocenters. The molecule has 0 radical (unpaired) electrons. The van der Waals surface area contributed by atoms with Crippen LogP contribution in [-0.4, -0.2) is 61.4 Å². The van der Waals surface area contributed by atoms with Crippen LogP contribution in [0.3, 0.4) is 0 Å². The average Bonchev–Trinajstić information content (AvgIpc) is 2.48. The predicted octanol–water partition coefficient (Wildman–Crippen LogP) is 1.65.